The number of aromatic nitrogens is 1. The molecule has 1 fully saturated rings. The van der Waals surface area contributed by atoms with Gasteiger partial charge in [-0.3, -0.25) is 0 Å². The number of pyridine rings is 1. The van der Waals surface area contributed by atoms with E-state index in [-0.39, 0.29) is 0 Å². The Balaban J connectivity index is 1.86. The maximum absolute atomic E-state index is 4.51. The lowest BCUT2D eigenvalue weighted by atomic mass is 9.87. The summed E-state index contributed by atoms with van der Waals surface area (Å²) in [7, 11) is 0. The Morgan fingerprint density at radius 3 is 2.94 bits per heavy atom. The molecule has 2 unspecified atom stereocenters. The molecule has 1 aliphatic rings. The van der Waals surface area contributed by atoms with Crippen LogP contribution in [0.3, 0.4) is 0 Å². The molecule has 1 heterocycles. The van der Waals surface area contributed by atoms with Gasteiger partial charge in [0.05, 0.1) is 0 Å². The molecule has 0 aliphatic heterocycles. The van der Waals surface area contributed by atoms with Crippen LogP contribution in [0.1, 0.15) is 32.6 Å². The second-order valence-electron chi connectivity index (χ2n) is 5.49. The number of hydrogen-bond acceptors (Lipinski definition) is 2. The van der Waals surface area contributed by atoms with E-state index in [0.29, 0.717) is 6.04 Å². The van der Waals surface area contributed by atoms with E-state index in [1.807, 2.05) is 6.20 Å². The van der Waals surface area contributed by atoms with Crippen molar-refractivity contribution in [3.63, 3.8) is 0 Å². The van der Waals surface area contributed by atoms with E-state index in [9.17, 15) is 0 Å². The van der Waals surface area contributed by atoms with Gasteiger partial charge in [-0.25, -0.2) is 4.98 Å². The molecule has 18 heavy (non-hydrogen) atoms. The highest BCUT2D eigenvalue weighted by Crippen LogP contribution is 2.28. The van der Waals surface area contributed by atoms with Gasteiger partial charge in [0, 0.05) is 17.6 Å². The van der Waals surface area contributed by atoms with Crippen LogP contribution in [0.25, 0.3) is 10.8 Å². The van der Waals surface area contributed by atoms with Crippen LogP contribution in [-0.4, -0.2) is 11.0 Å². The summed E-state index contributed by atoms with van der Waals surface area (Å²) in [5.74, 6) is 1.89. The zero-order chi connectivity index (χ0) is 12.4. The molecule has 3 rings (SSSR count). The molecule has 2 aromatic rings. The molecular weight excluding hydrogens is 220 g/mol. The molecule has 0 spiro atoms. The third-order valence-electron chi connectivity index (χ3n) is 3.95. The molecule has 0 saturated heterocycles. The van der Waals surface area contributed by atoms with Gasteiger partial charge in [-0.1, -0.05) is 44.0 Å². The average molecular weight is 240 g/mol. The third kappa shape index (κ3) is 2.33. The van der Waals surface area contributed by atoms with Gasteiger partial charge in [-0.05, 0) is 30.2 Å². The lowest BCUT2D eigenvalue weighted by molar-refractivity contribution is 0.358. The van der Waals surface area contributed by atoms with Gasteiger partial charge in [0.2, 0.25) is 0 Å². The zero-order valence-corrected chi connectivity index (χ0v) is 10.9. The quantitative estimate of drug-likeness (QED) is 0.850. The highest BCUT2D eigenvalue weighted by molar-refractivity contribution is 5.91. The summed E-state index contributed by atoms with van der Waals surface area (Å²) in [6, 6.07) is 11.1. The summed E-state index contributed by atoms with van der Waals surface area (Å²) >= 11 is 0. The number of benzene rings is 1. The second kappa shape index (κ2) is 4.97. The number of nitrogens with one attached hydrogen (secondary N) is 1. The van der Waals surface area contributed by atoms with Crippen LogP contribution in [-0.2, 0) is 0 Å². The first-order chi connectivity index (χ1) is 8.83. The van der Waals surface area contributed by atoms with Crippen molar-refractivity contribution in [1.82, 2.24) is 4.98 Å². The second-order valence-corrected chi connectivity index (χ2v) is 5.49. The van der Waals surface area contributed by atoms with E-state index in [0.717, 1.165) is 11.7 Å². The van der Waals surface area contributed by atoms with Gasteiger partial charge >= 0.3 is 0 Å². The Hall–Kier alpha value is -1.57. The van der Waals surface area contributed by atoms with Crippen LogP contribution in [0, 0.1) is 5.92 Å². The molecule has 1 saturated carbocycles. The van der Waals surface area contributed by atoms with Crippen LogP contribution in [0.15, 0.2) is 36.5 Å². The maximum atomic E-state index is 4.51. The van der Waals surface area contributed by atoms with E-state index in [4.69, 9.17) is 0 Å². The summed E-state index contributed by atoms with van der Waals surface area (Å²) in [5.41, 5.74) is 0. The topological polar surface area (TPSA) is 24.9 Å². The Morgan fingerprint density at radius 1 is 1.17 bits per heavy atom. The summed E-state index contributed by atoms with van der Waals surface area (Å²) in [6.07, 6.45) is 7.15. The molecule has 94 valence electrons. The minimum absolute atomic E-state index is 0.590. The molecule has 2 atom stereocenters. The number of anilines is 1. The SMILES string of the molecule is CC1CCCC(Nc2nccc3ccccc23)C1. The molecule has 2 nitrogen and oxygen atoms in total. The van der Waals surface area contributed by atoms with E-state index in [2.05, 4.69) is 47.6 Å². The largest absolute Gasteiger partial charge is 0.367 e. The minimum Gasteiger partial charge on any atom is -0.367 e. The molecule has 1 aliphatic carbocycles. The van der Waals surface area contributed by atoms with Gasteiger partial charge in [0.25, 0.3) is 0 Å². The fourth-order valence-electron chi connectivity index (χ4n) is 2.99. The van der Waals surface area contributed by atoms with Gasteiger partial charge < -0.3 is 5.32 Å². The Bertz CT molecular complexity index is 530. The van der Waals surface area contributed by atoms with Crippen LogP contribution < -0.4 is 5.32 Å². The average Bonchev–Trinajstić information content (AvgIpc) is 2.39. The molecule has 2 heteroatoms. The Morgan fingerprint density at radius 2 is 2.06 bits per heavy atom. The first kappa shape index (κ1) is 11.5. The van der Waals surface area contributed by atoms with Crippen LogP contribution in [0.4, 0.5) is 5.82 Å². The molecule has 1 aromatic heterocycles. The Kier molecular flexibility index (Phi) is 3.18. The summed E-state index contributed by atoms with van der Waals surface area (Å²) in [4.78, 5) is 4.51. The number of rotatable bonds is 2. The molecule has 1 N–H and O–H groups in total. The predicted octanol–water partition coefficient (Wildman–Crippen LogP) is 4.23. The van der Waals surface area contributed by atoms with Crippen LogP contribution in [0.2, 0.25) is 0 Å². The third-order valence-corrected chi connectivity index (χ3v) is 3.95. The lowest BCUT2D eigenvalue weighted by Gasteiger charge is -2.28. The van der Waals surface area contributed by atoms with E-state index in [1.165, 1.54) is 36.5 Å². The lowest BCUT2D eigenvalue weighted by Crippen LogP contribution is -2.26. The van der Waals surface area contributed by atoms with Crippen molar-refractivity contribution in [2.75, 3.05) is 5.32 Å². The fraction of sp³-hybridized carbons (Fsp3) is 0.438. The van der Waals surface area contributed by atoms with Gasteiger partial charge in [0.1, 0.15) is 5.82 Å². The van der Waals surface area contributed by atoms with Crippen molar-refractivity contribution in [2.24, 2.45) is 5.92 Å². The number of nitrogens with zero attached hydrogens (tertiary/aromatic N) is 1. The first-order valence-electron chi connectivity index (χ1n) is 6.93. The van der Waals surface area contributed by atoms with E-state index >= 15 is 0 Å². The summed E-state index contributed by atoms with van der Waals surface area (Å²) in [5, 5.41) is 6.14. The van der Waals surface area contributed by atoms with E-state index < -0.39 is 0 Å². The van der Waals surface area contributed by atoms with Gasteiger partial charge in [-0.2, -0.15) is 0 Å². The van der Waals surface area contributed by atoms with Crippen molar-refractivity contribution in [2.45, 2.75) is 38.6 Å². The Labute approximate surface area is 108 Å². The van der Waals surface area contributed by atoms with Crippen molar-refractivity contribution < 1.29 is 0 Å². The minimum atomic E-state index is 0.590. The fourth-order valence-corrected chi connectivity index (χ4v) is 2.99. The smallest absolute Gasteiger partial charge is 0.134 e. The van der Waals surface area contributed by atoms with Crippen LogP contribution >= 0.6 is 0 Å². The van der Waals surface area contributed by atoms with Crippen molar-refractivity contribution in [3.8, 4) is 0 Å². The highest BCUT2D eigenvalue weighted by atomic mass is 15.0. The first-order valence-corrected chi connectivity index (χ1v) is 6.93. The number of fused-ring (bicyclic) bond motifs is 1. The zero-order valence-electron chi connectivity index (χ0n) is 10.9. The van der Waals surface area contributed by atoms with Crippen LogP contribution in [0.5, 0.6) is 0 Å². The normalized spacial score (nSPS) is 24.1. The monoisotopic (exact) mass is 240 g/mol. The molecule has 0 bridgehead atoms. The molecular formula is C16H20N2. The predicted molar refractivity (Wildman–Crippen MR) is 76.8 cm³/mol. The van der Waals surface area contributed by atoms with Gasteiger partial charge in [0.15, 0.2) is 0 Å². The number of hydrogen-bond donors (Lipinski definition) is 1. The summed E-state index contributed by atoms with van der Waals surface area (Å²) < 4.78 is 0. The van der Waals surface area contributed by atoms with Gasteiger partial charge in [-0.15, -0.1) is 0 Å². The van der Waals surface area contributed by atoms with Crippen molar-refractivity contribution in [3.05, 3.63) is 36.5 Å². The standard InChI is InChI=1S/C16H20N2/c1-12-5-4-7-14(11-12)18-16-15-8-3-2-6-13(15)9-10-17-16/h2-3,6,8-10,12,14H,4-5,7,11H2,1H3,(H,17,18). The molecule has 0 radical (unpaired) electrons. The van der Waals surface area contributed by atoms with Crippen molar-refractivity contribution in [1.29, 1.82) is 0 Å². The molecule has 1 aromatic carbocycles. The van der Waals surface area contributed by atoms with Crippen molar-refractivity contribution >= 4 is 16.6 Å². The van der Waals surface area contributed by atoms with E-state index in [1.54, 1.807) is 0 Å². The molecule has 0 amide bonds. The highest BCUT2D eigenvalue weighted by Gasteiger charge is 2.19. The summed E-state index contributed by atoms with van der Waals surface area (Å²) in [6.45, 7) is 2.35. The maximum Gasteiger partial charge on any atom is 0.134 e.